The van der Waals surface area contributed by atoms with Gasteiger partial charge in [0.05, 0.1) is 0 Å². The Bertz CT molecular complexity index is 158. The van der Waals surface area contributed by atoms with E-state index in [0.717, 1.165) is 25.0 Å². The van der Waals surface area contributed by atoms with Gasteiger partial charge in [0.25, 0.3) is 0 Å². The maximum Gasteiger partial charge on any atom is 0.0469 e. The zero-order valence-corrected chi connectivity index (χ0v) is 11.1. The van der Waals surface area contributed by atoms with Gasteiger partial charge in [-0.2, -0.15) is 11.8 Å². The molecule has 1 heterocycles. The molecule has 15 heavy (non-hydrogen) atoms. The van der Waals surface area contributed by atoms with E-state index >= 15 is 0 Å². The van der Waals surface area contributed by atoms with E-state index in [1.807, 2.05) is 0 Å². The van der Waals surface area contributed by atoms with E-state index in [1.54, 1.807) is 0 Å². The van der Waals surface area contributed by atoms with Crippen LogP contribution in [-0.2, 0) is 4.74 Å². The molecule has 3 heteroatoms. The number of rotatable bonds is 6. The summed E-state index contributed by atoms with van der Waals surface area (Å²) in [6, 6.07) is 0.678. The van der Waals surface area contributed by atoms with Gasteiger partial charge in [-0.05, 0) is 37.5 Å². The van der Waals surface area contributed by atoms with Crippen molar-refractivity contribution in [1.29, 1.82) is 0 Å². The van der Waals surface area contributed by atoms with Gasteiger partial charge in [0.2, 0.25) is 0 Å². The molecule has 0 aromatic heterocycles. The largest absolute Gasteiger partial charge is 0.381 e. The molecule has 1 saturated heterocycles. The molecule has 1 N–H and O–H groups in total. The molecule has 0 aromatic rings. The number of hydrogen-bond acceptors (Lipinski definition) is 3. The van der Waals surface area contributed by atoms with Crippen molar-refractivity contribution in [2.24, 2.45) is 11.8 Å². The van der Waals surface area contributed by atoms with Gasteiger partial charge in [0.1, 0.15) is 0 Å². The van der Waals surface area contributed by atoms with E-state index in [9.17, 15) is 0 Å². The predicted molar refractivity (Wildman–Crippen MR) is 68.6 cm³/mol. The smallest absolute Gasteiger partial charge is 0.0469 e. The standard InChI is InChI=1S/C12H25NOS/c1-10(2)8-15-9-12(13-3)11-4-6-14-7-5-11/h10-13H,4-9H2,1-3H3. The van der Waals surface area contributed by atoms with E-state index in [1.165, 1.54) is 24.3 Å². The topological polar surface area (TPSA) is 21.3 Å². The Morgan fingerprint density at radius 1 is 1.27 bits per heavy atom. The molecule has 1 aliphatic rings. The van der Waals surface area contributed by atoms with Gasteiger partial charge in [-0.3, -0.25) is 0 Å². The monoisotopic (exact) mass is 231 g/mol. The summed E-state index contributed by atoms with van der Waals surface area (Å²) in [5.74, 6) is 4.16. The van der Waals surface area contributed by atoms with Crippen LogP contribution in [0.15, 0.2) is 0 Å². The lowest BCUT2D eigenvalue weighted by atomic mass is 9.93. The number of ether oxygens (including phenoxy) is 1. The first-order chi connectivity index (χ1) is 7.24. The molecule has 0 spiro atoms. The Morgan fingerprint density at radius 2 is 1.93 bits per heavy atom. The van der Waals surface area contributed by atoms with Crippen LogP contribution in [0.2, 0.25) is 0 Å². The molecule has 1 atom stereocenters. The fourth-order valence-electron chi connectivity index (χ4n) is 2.00. The number of nitrogens with one attached hydrogen (secondary N) is 1. The average Bonchev–Trinajstić information content (AvgIpc) is 2.25. The summed E-state index contributed by atoms with van der Waals surface area (Å²) in [4.78, 5) is 0. The zero-order valence-electron chi connectivity index (χ0n) is 10.3. The first-order valence-corrected chi connectivity index (χ1v) is 7.22. The minimum Gasteiger partial charge on any atom is -0.381 e. The summed E-state index contributed by atoms with van der Waals surface area (Å²) in [7, 11) is 2.09. The van der Waals surface area contributed by atoms with Crippen LogP contribution in [-0.4, -0.2) is 37.8 Å². The third-order valence-corrected chi connectivity index (χ3v) is 4.45. The van der Waals surface area contributed by atoms with Crippen molar-refractivity contribution in [1.82, 2.24) is 5.32 Å². The van der Waals surface area contributed by atoms with Crippen molar-refractivity contribution in [3.05, 3.63) is 0 Å². The highest BCUT2D eigenvalue weighted by atomic mass is 32.2. The second-order valence-corrected chi connectivity index (χ2v) is 5.85. The molecule has 1 fully saturated rings. The van der Waals surface area contributed by atoms with Crippen molar-refractivity contribution in [3.63, 3.8) is 0 Å². The van der Waals surface area contributed by atoms with Crippen LogP contribution in [0.5, 0.6) is 0 Å². The highest BCUT2D eigenvalue weighted by Crippen LogP contribution is 2.22. The van der Waals surface area contributed by atoms with E-state index in [-0.39, 0.29) is 0 Å². The number of hydrogen-bond donors (Lipinski definition) is 1. The molecule has 90 valence electrons. The van der Waals surface area contributed by atoms with E-state index in [2.05, 4.69) is 38.0 Å². The maximum absolute atomic E-state index is 5.40. The Balaban J connectivity index is 2.21. The van der Waals surface area contributed by atoms with E-state index in [4.69, 9.17) is 4.74 Å². The van der Waals surface area contributed by atoms with Gasteiger partial charge >= 0.3 is 0 Å². The Morgan fingerprint density at radius 3 is 2.47 bits per heavy atom. The summed E-state index contributed by atoms with van der Waals surface area (Å²) >= 11 is 2.08. The molecular weight excluding hydrogens is 206 g/mol. The third-order valence-electron chi connectivity index (χ3n) is 2.95. The quantitative estimate of drug-likeness (QED) is 0.758. The lowest BCUT2D eigenvalue weighted by Crippen LogP contribution is -2.39. The molecule has 0 aliphatic carbocycles. The summed E-state index contributed by atoms with van der Waals surface area (Å²) in [6.07, 6.45) is 2.46. The van der Waals surface area contributed by atoms with Gasteiger partial charge in [0, 0.05) is 25.0 Å². The lowest BCUT2D eigenvalue weighted by molar-refractivity contribution is 0.0575. The Labute approximate surface area is 98.5 Å². The first kappa shape index (κ1) is 13.3. The Kier molecular flexibility index (Phi) is 6.69. The van der Waals surface area contributed by atoms with Gasteiger partial charge in [-0.15, -0.1) is 0 Å². The van der Waals surface area contributed by atoms with Crippen LogP contribution in [0.3, 0.4) is 0 Å². The second kappa shape index (κ2) is 7.53. The van der Waals surface area contributed by atoms with Crippen molar-refractivity contribution >= 4 is 11.8 Å². The summed E-state index contributed by atoms with van der Waals surface area (Å²) in [5, 5.41) is 3.47. The lowest BCUT2D eigenvalue weighted by Gasteiger charge is -2.30. The summed E-state index contributed by atoms with van der Waals surface area (Å²) < 4.78 is 5.40. The highest BCUT2D eigenvalue weighted by molar-refractivity contribution is 7.99. The third kappa shape index (κ3) is 5.23. The van der Waals surface area contributed by atoms with Gasteiger partial charge in [-0.1, -0.05) is 13.8 Å². The van der Waals surface area contributed by atoms with Crippen LogP contribution < -0.4 is 5.32 Å². The molecule has 0 radical (unpaired) electrons. The minimum absolute atomic E-state index is 0.678. The van der Waals surface area contributed by atoms with Crippen molar-refractivity contribution in [3.8, 4) is 0 Å². The molecular formula is C12H25NOS. The SMILES string of the molecule is CNC(CSCC(C)C)C1CCOCC1. The fraction of sp³-hybridized carbons (Fsp3) is 1.00. The molecule has 2 nitrogen and oxygen atoms in total. The Hall–Kier alpha value is 0.270. The molecule has 0 bridgehead atoms. The summed E-state index contributed by atoms with van der Waals surface area (Å²) in [6.45, 7) is 6.49. The molecule has 1 aliphatic heterocycles. The molecule has 0 saturated carbocycles. The normalized spacial score (nSPS) is 20.8. The molecule has 0 aromatic carbocycles. The van der Waals surface area contributed by atoms with Gasteiger partial charge in [0.15, 0.2) is 0 Å². The summed E-state index contributed by atoms with van der Waals surface area (Å²) in [5.41, 5.74) is 0. The molecule has 1 rings (SSSR count). The van der Waals surface area contributed by atoms with Crippen LogP contribution in [0.4, 0.5) is 0 Å². The first-order valence-electron chi connectivity index (χ1n) is 6.06. The highest BCUT2D eigenvalue weighted by Gasteiger charge is 2.22. The predicted octanol–water partition coefficient (Wildman–Crippen LogP) is 2.39. The zero-order chi connectivity index (χ0) is 11.1. The van der Waals surface area contributed by atoms with Gasteiger partial charge in [-0.25, -0.2) is 0 Å². The van der Waals surface area contributed by atoms with Crippen LogP contribution in [0, 0.1) is 11.8 Å². The molecule has 0 amide bonds. The number of thioether (sulfide) groups is 1. The van der Waals surface area contributed by atoms with Crippen molar-refractivity contribution in [2.75, 3.05) is 31.8 Å². The fourth-order valence-corrected chi connectivity index (χ4v) is 3.30. The minimum atomic E-state index is 0.678. The van der Waals surface area contributed by atoms with Crippen LogP contribution >= 0.6 is 11.8 Å². The van der Waals surface area contributed by atoms with E-state index in [0.29, 0.717) is 6.04 Å². The van der Waals surface area contributed by atoms with Crippen molar-refractivity contribution in [2.45, 2.75) is 32.7 Å². The second-order valence-electron chi connectivity index (χ2n) is 4.78. The van der Waals surface area contributed by atoms with Gasteiger partial charge < -0.3 is 10.1 Å². The maximum atomic E-state index is 5.40. The molecule has 1 unspecified atom stereocenters. The average molecular weight is 231 g/mol. The van der Waals surface area contributed by atoms with Crippen LogP contribution in [0.25, 0.3) is 0 Å². The van der Waals surface area contributed by atoms with Crippen molar-refractivity contribution < 1.29 is 4.74 Å². The van der Waals surface area contributed by atoms with Crippen LogP contribution in [0.1, 0.15) is 26.7 Å². The van der Waals surface area contributed by atoms with E-state index < -0.39 is 0 Å².